The first-order valence-corrected chi connectivity index (χ1v) is 17.0. The van der Waals surface area contributed by atoms with Crippen molar-refractivity contribution in [1.82, 2.24) is 9.80 Å². The van der Waals surface area contributed by atoms with Crippen LogP contribution in [-0.4, -0.2) is 44.3 Å². The van der Waals surface area contributed by atoms with Gasteiger partial charge in [-0.25, -0.2) is 0 Å². The Hall–Kier alpha value is -4.06. The van der Waals surface area contributed by atoms with E-state index in [4.69, 9.17) is 0 Å². The summed E-state index contributed by atoms with van der Waals surface area (Å²) in [7, 11) is 0. The van der Waals surface area contributed by atoms with E-state index in [1.165, 1.54) is 22.3 Å². The molecule has 0 aliphatic heterocycles. The first-order chi connectivity index (χ1) is 23.0. The second-order valence-electron chi connectivity index (χ2n) is 13.2. The average Bonchev–Trinajstić information content (AvgIpc) is 3.11. The van der Waals surface area contributed by atoms with Gasteiger partial charge in [-0.3, -0.25) is 9.80 Å². The molecule has 4 heteroatoms. The quantitative estimate of drug-likeness (QED) is 0.109. The average molecular weight is 627 g/mol. The molecule has 4 atom stereocenters. The van der Waals surface area contributed by atoms with Crippen LogP contribution in [-0.2, 0) is 32.6 Å². The van der Waals surface area contributed by atoms with E-state index in [-0.39, 0.29) is 12.1 Å². The Balaban J connectivity index is 1.52. The first-order valence-electron chi connectivity index (χ1n) is 17.0. The number of benzene rings is 5. The minimum absolute atomic E-state index is 0.265. The smallest absolute Gasteiger partial charge is 0.0972 e. The van der Waals surface area contributed by atoms with E-state index in [1.54, 1.807) is 0 Å². The molecule has 0 spiro atoms. The van der Waals surface area contributed by atoms with E-state index in [9.17, 15) is 10.2 Å². The van der Waals surface area contributed by atoms with Gasteiger partial charge in [0.25, 0.3) is 0 Å². The van der Waals surface area contributed by atoms with Crippen molar-refractivity contribution in [3.63, 3.8) is 0 Å². The maximum Gasteiger partial charge on any atom is 0.0972 e. The van der Waals surface area contributed by atoms with E-state index in [1.807, 2.05) is 30.3 Å². The number of rotatable bonds is 17. The van der Waals surface area contributed by atoms with Gasteiger partial charge >= 0.3 is 0 Å². The van der Waals surface area contributed by atoms with Crippen LogP contribution in [0.2, 0.25) is 0 Å². The summed E-state index contributed by atoms with van der Waals surface area (Å²) in [5.41, 5.74) is 5.87. The molecule has 2 N–H and O–H groups in total. The van der Waals surface area contributed by atoms with Crippen LogP contribution >= 0.6 is 0 Å². The highest BCUT2D eigenvalue weighted by molar-refractivity contribution is 5.21. The summed E-state index contributed by atoms with van der Waals surface area (Å²) in [4.78, 5) is 4.73. The zero-order valence-corrected chi connectivity index (χ0v) is 27.9. The molecule has 0 amide bonds. The van der Waals surface area contributed by atoms with Crippen molar-refractivity contribution in [3.05, 3.63) is 179 Å². The molecule has 0 unspecified atom stereocenters. The summed E-state index contributed by atoms with van der Waals surface area (Å²) < 4.78 is 0. The van der Waals surface area contributed by atoms with Crippen LogP contribution in [0.3, 0.4) is 0 Å². The second kappa shape index (κ2) is 17.7. The summed E-state index contributed by atoms with van der Waals surface area (Å²) in [6.07, 6.45) is -0.606. The molecule has 4 nitrogen and oxygen atoms in total. The molecule has 0 bridgehead atoms. The fraction of sp³-hybridized carbons (Fsp3) is 0.302. The summed E-state index contributed by atoms with van der Waals surface area (Å²) >= 11 is 0. The summed E-state index contributed by atoms with van der Waals surface area (Å²) in [5, 5.41) is 25.0. The normalized spacial score (nSPS) is 14.3. The maximum atomic E-state index is 12.5. The van der Waals surface area contributed by atoms with Gasteiger partial charge in [0.1, 0.15) is 0 Å². The van der Waals surface area contributed by atoms with Gasteiger partial charge in [-0.1, -0.05) is 166 Å². The Morgan fingerprint density at radius 3 is 1.00 bits per heavy atom. The minimum atomic E-state index is -1.000. The van der Waals surface area contributed by atoms with Crippen LogP contribution in [0.4, 0.5) is 0 Å². The zero-order chi connectivity index (χ0) is 32.8. The molecule has 0 radical (unpaired) electrons. The number of hydrogen-bond acceptors (Lipinski definition) is 4. The Morgan fingerprint density at radius 2 is 0.681 bits per heavy atom. The topological polar surface area (TPSA) is 46.9 Å². The molecule has 5 aromatic rings. The Kier molecular flexibility index (Phi) is 12.9. The molecule has 47 heavy (non-hydrogen) atoms. The lowest BCUT2D eigenvalue weighted by Crippen LogP contribution is -2.56. The molecule has 0 aromatic heterocycles. The molecule has 0 heterocycles. The molecular weight excluding hydrogens is 576 g/mol. The van der Waals surface area contributed by atoms with Crippen molar-refractivity contribution in [2.24, 2.45) is 5.92 Å². The van der Waals surface area contributed by atoms with Gasteiger partial charge in [-0.15, -0.1) is 0 Å². The van der Waals surface area contributed by atoms with Gasteiger partial charge in [0.15, 0.2) is 0 Å². The molecule has 244 valence electrons. The van der Waals surface area contributed by atoms with Gasteiger partial charge in [0, 0.05) is 38.3 Å². The third-order valence-corrected chi connectivity index (χ3v) is 8.99. The summed E-state index contributed by atoms with van der Waals surface area (Å²) in [6.45, 7) is 7.07. The maximum absolute atomic E-state index is 12.5. The highest BCUT2D eigenvalue weighted by Gasteiger charge is 2.38. The number of nitrogens with zero attached hydrogens (tertiary/aromatic N) is 2. The van der Waals surface area contributed by atoms with Crippen LogP contribution in [0.25, 0.3) is 0 Å². The number of hydrogen-bond donors (Lipinski definition) is 2. The van der Waals surface area contributed by atoms with Crippen molar-refractivity contribution >= 4 is 0 Å². The van der Waals surface area contributed by atoms with Crippen LogP contribution in [0.1, 0.15) is 48.1 Å². The first kappa shape index (κ1) is 34.3. The lowest BCUT2D eigenvalue weighted by Gasteiger charge is -2.42. The van der Waals surface area contributed by atoms with E-state index < -0.39 is 12.2 Å². The molecule has 0 fully saturated rings. The standard InChI is InChI=1S/C43H50N2O2/c1-34(2)28-40(44(30-36-20-10-4-11-21-36)31-37-22-12-5-13-23-37)42(46)43(47)41(29-35-18-8-3-9-19-35)45(32-38-24-14-6-15-25-38)33-39-26-16-7-17-27-39/h3-27,34,40-43,46-47H,28-33H2,1-2H3/t40-,41-,42-,43-/m0/s1. The fourth-order valence-corrected chi connectivity index (χ4v) is 6.62. The van der Waals surface area contributed by atoms with E-state index in [0.717, 1.165) is 12.0 Å². The fourth-order valence-electron chi connectivity index (χ4n) is 6.62. The monoisotopic (exact) mass is 626 g/mol. The molecule has 0 aliphatic rings. The SMILES string of the molecule is CC(C)C[C@@H]([C@H](O)[C@@H](O)[C@H](Cc1ccccc1)N(Cc1ccccc1)Cc1ccccc1)N(Cc1ccccc1)Cc1ccccc1. The molecule has 5 aromatic carbocycles. The lowest BCUT2D eigenvalue weighted by atomic mass is 9.87. The predicted molar refractivity (Wildman–Crippen MR) is 193 cm³/mol. The van der Waals surface area contributed by atoms with E-state index in [0.29, 0.717) is 38.5 Å². The highest BCUT2D eigenvalue weighted by atomic mass is 16.3. The molecular formula is C43H50N2O2. The van der Waals surface area contributed by atoms with Crippen LogP contribution in [0, 0.1) is 5.92 Å². The number of aliphatic hydroxyl groups excluding tert-OH is 2. The molecule has 0 saturated heterocycles. The van der Waals surface area contributed by atoms with Crippen molar-refractivity contribution in [3.8, 4) is 0 Å². The third-order valence-electron chi connectivity index (χ3n) is 8.99. The van der Waals surface area contributed by atoms with Gasteiger partial charge in [-0.05, 0) is 46.6 Å². The largest absolute Gasteiger partial charge is 0.389 e. The predicted octanol–water partition coefficient (Wildman–Crippen LogP) is 8.14. The Morgan fingerprint density at radius 1 is 0.404 bits per heavy atom. The summed E-state index contributed by atoms with van der Waals surface area (Å²) in [6, 6.07) is 51.6. The van der Waals surface area contributed by atoms with Crippen molar-refractivity contribution < 1.29 is 10.2 Å². The second-order valence-corrected chi connectivity index (χ2v) is 13.2. The Bertz CT molecular complexity index is 1470. The van der Waals surface area contributed by atoms with Gasteiger partial charge in [0.05, 0.1) is 12.2 Å². The van der Waals surface area contributed by atoms with Crippen molar-refractivity contribution in [2.45, 2.75) is 77.2 Å². The van der Waals surface area contributed by atoms with Gasteiger partial charge in [0.2, 0.25) is 0 Å². The van der Waals surface area contributed by atoms with Crippen molar-refractivity contribution in [2.75, 3.05) is 0 Å². The molecule has 0 aliphatic carbocycles. The minimum Gasteiger partial charge on any atom is -0.389 e. The van der Waals surface area contributed by atoms with Crippen LogP contribution in [0.5, 0.6) is 0 Å². The Labute approximate surface area is 282 Å². The third kappa shape index (κ3) is 10.5. The molecule has 0 saturated carbocycles. The van der Waals surface area contributed by atoms with Crippen LogP contribution in [0.15, 0.2) is 152 Å². The van der Waals surface area contributed by atoms with Crippen molar-refractivity contribution in [1.29, 1.82) is 0 Å². The van der Waals surface area contributed by atoms with Crippen LogP contribution < -0.4 is 0 Å². The molecule has 5 rings (SSSR count). The number of aliphatic hydroxyl groups is 2. The zero-order valence-electron chi connectivity index (χ0n) is 27.9. The van der Waals surface area contributed by atoms with Gasteiger partial charge in [-0.2, -0.15) is 0 Å². The lowest BCUT2D eigenvalue weighted by molar-refractivity contribution is -0.0861. The summed E-state index contributed by atoms with van der Waals surface area (Å²) in [5.74, 6) is 0.327. The van der Waals surface area contributed by atoms with Gasteiger partial charge < -0.3 is 10.2 Å². The van der Waals surface area contributed by atoms with E-state index >= 15 is 0 Å². The highest BCUT2D eigenvalue weighted by Crippen LogP contribution is 2.27. The van der Waals surface area contributed by atoms with E-state index in [2.05, 4.69) is 145 Å².